The van der Waals surface area contributed by atoms with Gasteiger partial charge in [-0.3, -0.25) is 4.79 Å². The van der Waals surface area contributed by atoms with Gasteiger partial charge < -0.3 is 15.5 Å². The monoisotopic (exact) mass is 308 g/mol. The molecule has 3 N–H and O–H groups in total. The fourth-order valence-electron chi connectivity index (χ4n) is 2.47. The first-order chi connectivity index (χ1) is 9.96. The zero-order valence-corrected chi connectivity index (χ0v) is 13.4. The van der Waals surface area contributed by atoms with Gasteiger partial charge in [-0.05, 0) is 38.0 Å². The molecule has 0 aliphatic carbocycles. The zero-order chi connectivity index (χ0) is 15.6. The molecule has 4 nitrogen and oxygen atoms in total. The summed E-state index contributed by atoms with van der Waals surface area (Å²) in [7, 11) is 0. The maximum absolute atomic E-state index is 12.5. The van der Waals surface area contributed by atoms with Crippen LogP contribution in [0.15, 0.2) is 22.6 Å². The lowest BCUT2D eigenvalue weighted by Gasteiger charge is -2.31. The van der Waals surface area contributed by atoms with Crippen LogP contribution in [-0.2, 0) is 0 Å². The molecule has 0 atom stereocenters. The van der Waals surface area contributed by atoms with E-state index in [0.29, 0.717) is 22.9 Å². The molecule has 114 valence electrons. The first-order valence-corrected chi connectivity index (χ1v) is 7.55. The lowest BCUT2D eigenvalue weighted by Crippen LogP contribution is -2.52. The number of fused-ring (bicyclic) bond motifs is 1. The van der Waals surface area contributed by atoms with Gasteiger partial charge in [0, 0.05) is 22.5 Å². The maximum Gasteiger partial charge on any atom is 0.287 e. The van der Waals surface area contributed by atoms with Crippen LogP contribution in [0, 0.1) is 6.92 Å². The summed E-state index contributed by atoms with van der Waals surface area (Å²) in [5, 5.41) is 4.50. The number of furan rings is 1. The second-order valence-corrected chi connectivity index (χ2v) is 5.78. The van der Waals surface area contributed by atoms with Crippen LogP contribution in [0.5, 0.6) is 0 Å². The molecular weight excluding hydrogens is 288 g/mol. The Morgan fingerprint density at radius 3 is 2.62 bits per heavy atom. The van der Waals surface area contributed by atoms with Crippen LogP contribution in [0.2, 0.25) is 5.02 Å². The van der Waals surface area contributed by atoms with Crippen molar-refractivity contribution in [2.45, 2.75) is 39.2 Å². The number of nitrogens with one attached hydrogen (secondary N) is 1. The Kier molecular flexibility index (Phi) is 4.59. The Balaban J connectivity index is 2.38. The zero-order valence-electron chi connectivity index (χ0n) is 12.6. The molecule has 0 saturated heterocycles. The van der Waals surface area contributed by atoms with Crippen molar-refractivity contribution in [3.63, 3.8) is 0 Å². The molecule has 0 fully saturated rings. The third-order valence-corrected chi connectivity index (χ3v) is 4.46. The summed E-state index contributed by atoms with van der Waals surface area (Å²) in [6, 6.07) is 5.33. The SMILES string of the molecule is CCC(CC)(CN)NC(=O)c1oc2ccc(Cl)cc2c1C. The molecule has 21 heavy (non-hydrogen) atoms. The molecule has 2 aromatic rings. The molecule has 0 spiro atoms. The van der Waals surface area contributed by atoms with E-state index in [9.17, 15) is 4.79 Å². The Bertz CT molecular complexity index is 651. The molecular formula is C16H21ClN2O2. The fraction of sp³-hybridized carbons (Fsp3) is 0.438. The first kappa shape index (κ1) is 15.9. The summed E-state index contributed by atoms with van der Waals surface area (Å²) < 4.78 is 5.68. The predicted octanol–water partition coefficient (Wildman–Crippen LogP) is 3.64. The van der Waals surface area contributed by atoms with E-state index in [0.717, 1.165) is 23.8 Å². The van der Waals surface area contributed by atoms with Gasteiger partial charge in [-0.2, -0.15) is 0 Å². The smallest absolute Gasteiger partial charge is 0.287 e. The van der Waals surface area contributed by atoms with Crippen LogP contribution in [0.4, 0.5) is 0 Å². The molecule has 5 heteroatoms. The summed E-state index contributed by atoms with van der Waals surface area (Å²) in [6.07, 6.45) is 1.55. The van der Waals surface area contributed by atoms with Crippen LogP contribution in [0.3, 0.4) is 0 Å². The first-order valence-electron chi connectivity index (χ1n) is 7.17. The molecule has 0 aliphatic heterocycles. The molecule has 1 amide bonds. The van der Waals surface area contributed by atoms with Gasteiger partial charge in [-0.1, -0.05) is 25.4 Å². The molecule has 0 bridgehead atoms. The number of benzene rings is 1. The van der Waals surface area contributed by atoms with Crippen LogP contribution in [-0.4, -0.2) is 18.0 Å². The van der Waals surface area contributed by atoms with Crippen molar-refractivity contribution in [3.8, 4) is 0 Å². The molecule has 0 radical (unpaired) electrons. The van der Waals surface area contributed by atoms with Gasteiger partial charge in [0.2, 0.25) is 0 Å². The van der Waals surface area contributed by atoms with Crippen molar-refractivity contribution in [2.75, 3.05) is 6.54 Å². The lowest BCUT2D eigenvalue weighted by molar-refractivity contribution is 0.0868. The number of amides is 1. The number of nitrogens with two attached hydrogens (primary N) is 1. The van der Waals surface area contributed by atoms with E-state index < -0.39 is 0 Å². The lowest BCUT2D eigenvalue weighted by atomic mass is 9.92. The highest BCUT2D eigenvalue weighted by Gasteiger charge is 2.29. The van der Waals surface area contributed by atoms with Crippen molar-refractivity contribution < 1.29 is 9.21 Å². The van der Waals surface area contributed by atoms with E-state index in [1.165, 1.54) is 0 Å². The summed E-state index contributed by atoms with van der Waals surface area (Å²) in [5.41, 5.74) is 6.89. The van der Waals surface area contributed by atoms with Crippen molar-refractivity contribution in [1.82, 2.24) is 5.32 Å². The number of halogens is 1. The third kappa shape index (κ3) is 2.92. The molecule has 1 aromatic carbocycles. The molecule has 2 rings (SSSR count). The maximum atomic E-state index is 12.5. The van der Waals surface area contributed by atoms with Gasteiger partial charge in [0.1, 0.15) is 5.58 Å². The minimum absolute atomic E-state index is 0.228. The average molecular weight is 309 g/mol. The number of hydrogen-bond donors (Lipinski definition) is 2. The largest absolute Gasteiger partial charge is 0.451 e. The summed E-state index contributed by atoms with van der Waals surface area (Å²) in [6.45, 7) is 6.29. The van der Waals surface area contributed by atoms with Gasteiger partial charge in [0.15, 0.2) is 5.76 Å². The predicted molar refractivity (Wildman–Crippen MR) is 85.8 cm³/mol. The Morgan fingerprint density at radius 2 is 2.05 bits per heavy atom. The Morgan fingerprint density at radius 1 is 1.38 bits per heavy atom. The highest BCUT2D eigenvalue weighted by molar-refractivity contribution is 6.31. The minimum atomic E-state index is -0.389. The van der Waals surface area contributed by atoms with Gasteiger partial charge in [-0.25, -0.2) is 0 Å². The molecule has 1 aromatic heterocycles. The average Bonchev–Trinajstić information content (AvgIpc) is 2.82. The fourth-order valence-corrected chi connectivity index (χ4v) is 2.65. The number of carbonyl (C=O) groups excluding carboxylic acids is 1. The summed E-state index contributed by atoms with van der Waals surface area (Å²) in [5.74, 6) is 0.0981. The van der Waals surface area contributed by atoms with Crippen LogP contribution >= 0.6 is 11.6 Å². The Hall–Kier alpha value is -1.52. The molecule has 0 unspecified atom stereocenters. The number of aryl methyl sites for hydroxylation is 1. The van der Waals surface area contributed by atoms with E-state index in [1.807, 2.05) is 26.8 Å². The van der Waals surface area contributed by atoms with Crippen LogP contribution in [0.1, 0.15) is 42.8 Å². The normalized spacial score (nSPS) is 11.9. The summed E-state index contributed by atoms with van der Waals surface area (Å²) in [4.78, 5) is 12.5. The Labute approximate surface area is 129 Å². The summed E-state index contributed by atoms with van der Waals surface area (Å²) >= 11 is 5.99. The third-order valence-electron chi connectivity index (χ3n) is 4.23. The molecule has 0 aliphatic rings. The van der Waals surface area contributed by atoms with Gasteiger partial charge in [0.05, 0.1) is 5.54 Å². The van der Waals surface area contributed by atoms with E-state index in [2.05, 4.69) is 5.32 Å². The molecule has 1 heterocycles. The topological polar surface area (TPSA) is 68.3 Å². The number of rotatable bonds is 5. The highest BCUT2D eigenvalue weighted by atomic mass is 35.5. The van der Waals surface area contributed by atoms with Crippen LogP contribution < -0.4 is 11.1 Å². The number of hydrogen-bond acceptors (Lipinski definition) is 3. The second kappa shape index (κ2) is 6.08. The highest BCUT2D eigenvalue weighted by Crippen LogP contribution is 2.28. The van der Waals surface area contributed by atoms with Crippen molar-refractivity contribution in [3.05, 3.63) is 34.5 Å². The van der Waals surface area contributed by atoms with E-state index in [1.54, 1.807) is 12.1 Å². The van der Waals surface area contributed by atoms with E-state index in [-0.39, 0.29) is 11.4 Å². The van der Waals surface area contributed by atoms with E-state index >= 15 is 0 Å². The number of carbonyl (C=O) groups is 1. The molecule has 0 saturated carbocycles. The standard InChI is InChI=1S/C16H21ClN2O2/c1-4-16(5-2,9-18)19-15(20)14-10(3)12-8-11(17)6-7-13(12)21-14/h6-8H,4-5,9,18H2,1-3H3,(H,19,20). The van der Waals surface area contributed by atoms with Gasteiger partial charge >= 0.3 is 0 Å². The van der Waals surface area contributed by atoms with Crippen molar-refractivity contribution >= 4 is 28.5 Å². The minimum Gasteiger partial charge on any atom is -0.451 e. The second-order valence-electron chi connectivity index (χ2n) is 5.34. The van der Waals surface area contributed by atoms with Crippen molar-refractivity contribution in [1.29, 1.82) is 0 Å². The van der Waals surface area contributed by atoms with Gasteiger partial charge in [-0.15, -0.1) is 0 Å². The van der Waals surface area contributed by atoms with Gasteiger partial charge in [0.25, 0.3) is 5.91 Å². The van der Waals surface area contributed by atoms with Crippen LogP contribution in [0.25, 0.3) is 11.0 Å². The van der Waals surface area contributed by atoms with E-state index in [4.69, 9.17) is 21.8 Å². The van der Waals surface area contributed by atoms with Crippen molar-refractivity contribution in [2.24, 2.45) is 5.73 Å². The quantitative estimate of drug-likeness (QED) is 0.886.